The maximum absolute atomic E-state index is 12.5. The Morgan fingerprint density at radius 1 is 0.633 bits per heavy atom. The van der Waals surface area contributed by atoms with E-state index in [9.17, 15) is 19.0 Å². The van der Waals surface area contributed by atoms with Gasteiger partial charge in [-0.2, -0.15) is 0 Å². The molecule has 0 saturated heterocycles. The number of hydrogen-bond donors (Lipinski definition) is 2. The Bertz CT molecular complexity index is 992. The fourth-order valence-corrected chi connectivity index (χ4v) is 5.37. The van der Waals surface area contributed by atoms with Gasteiger partial charge in [0.05, 0.1) is 13.2 Å². The van der Waals surface area contributed by atoms with Gasteiger partial charge < -0.3 is 20.1 Å². The molecular weight excluding hydrogens is 641 g/mol. The van der Waals surface area contributed by atoms with Crippen molar-refractivity contribution in [2.75, 3.05) is 26.4 Å². The van der Waals surface area contributed by atoms with Crippen LogP contribution in [0.4, 0.5) is 0 Å². The first-order valence-corrected chi connectivity index (χ1v) is 20.3. The van der Waals surface area contributed by atoms with E-state index in [1.165, 1.54) is 12.8 Å². The molecule has 10 heteroatoms. The van der Waals surface area contributed by atoms with Crippen molar-refractivity contribution in [1.29, 1.82) is 0 Å². The predicted molar refractivity (Wildman–Crippen MR) is 201 cm³/mol. The van der Waals surface area contributed by atoms with Gasteiger partial charge in [0.15, 0.2) is 6.10 Å². The van der Waals surface area contributed by atoms with Crippen molar-refractivity contribution in [2.45, 2.75) is 148 Å². The van der Waals surface area contributed by atoms with Gasteiger partial charge in [0.1, 0.15) is 6.61 Å². The molecule has 282 valence electrons. The highest BCUT2D eigenvalue weighted by Crippen LogP contribution is 2.43. The van der Waals surface area contributed by atoms with Gasteiger partial charge in [-0.3, -0.25) is 18.6 Å². The molecule has 0 radical (unpaired) electrons. The monoisotopic (exact) mass is 709 g/mol. The van der Waals surface area contributed by atoms with Gasteiger partial charge in [-0.1, -0.05) is 120 Å². The van der Waals surface area contributed by atoms with E-state index >= 15 is 0 Å². The summed E-state index contributed by atoms with van der Waals surface area (Å²) in [5.74, 6) is -0.876. The second-order valence-corrected chi connectivity index (χ2v) is 13.5. The smallest absolute Gasteiger partial charge is 0.462 e. The fraction of sp³-hybridized carbons (Fsp3) is 0.692. The van der Waals surface area contributed by atoms with Crippen LogP contribution in [0.1, 0.15) is 142 Å². The van der Waals surface area contributed by atoms with Crippen molar-refractivity contribution in [1.82, 2.24) is 0 Å². The van der Waals surface area contributed by atoms with Gasteiger partial charge in [0.2, 0.25) is 0 Å². The Hall–Kier alpha value is -2.29. The number of hydrogen-bond acceptors (Lipinski definition) is 8. The van der Waals surface area contributed by atoms with Crippen LogP contribution in [0.2, 0.25) is 0 Å². The zero-order valence-electron chi connectivity index (χ0n) is 30.7. The molecule has 0 bridgehead atoms. The van der Waals surface area contributed by atoms with Crippen molar-refractivity contribution in [3.05, 3.63) is 60.8 Å². The molecule has 0 aromatic carbocycles. The molecule has 0 saturated carbocycles. The lowest BCUT2D eigenvalue weighted by Crippen LogP contribution is -2.29. The third-order valence-electron chi connectivity index (χ3n) is 7.39. The molecule has 49 heavy (non-hydrogen) atoms. The van der Waals surface area contributed by atoms with Crippen LogP contribution in [0, 0.1) is 0 Å². The van der Waals surface area contributed by atoms with Crippen LogP contribution in [0.25, 0.3) is 0 Å². The van der Waals surface area contributed by atoms with E-state index < -0.39 is 32.5 Å². The molecule has 0 aliphatic heterocycles. The van der Waals surface area contributed by atoms with Crippen LogP contribution in [0.15, 0.2) is 60.8 Å². The number of unbranched alkanes of at least 4 members (excludes halogenated alkanes) is 11. The van der Waals surface area contributed by atoms with Crippen molar-refractivity contribution >= 4 is 19.8 Å². The zero-order valence-corrected chi connectivity index (χ0v) is 31.5. The maximum atomic E-state index is 12.5. The SMILES string of the molecule is CCC=CCC=CCC=CCC=CCCCCCCC(=O)OCC(COP(=O)(O)OCCN)OC(=O)CCCCCCCC=CCCCC. The number of phosphoric acid groups is 1. The largest absolute Gasteiger partial charge is 0.472 e. The van der Waals surface area contributed by atoms with Crippen molar-refractivity contribution < 1.29 is 37.6 Å². The van der Waals surface area contributed by atoms with E-state index in [1.54, 1.807) is 0 Å². The molecule has 0 spiro atoms. The molecule has 2 atom stereocenters. The molecule has 0 aliphatic carbocycles. The summed E-state index contributed by atoms with van der Waals surface area (Å²) in [6, 6.07) is 0. The Kier molecular flexibility index (Phi) is 33.9. The molecule has 0 aromatic rings. The summed E-state index contributed by atoms with van der Waals surface area (Å²) in [7, 11) is -4.38. The number of ether oxygens (including phenoxy) is 2. The average Bonchev–Trinajstić information content (AvgIpc) is 3.08. The van der Waals surface area contributed by atoms with E-state index in [1.807, 2.05) is 0 Å². The van der Waals surface area contributed by atoms with Crippen molar-refractivity contribution in [3.8, 4) is 0 Å². The molecule has 2 unspecified atom stereocenters. The third-order valence-corrected chi connectivity index (χ3v) is 8.37. The second-order valence-electron chi connectivity index (χ2n) is 12.1. The summed E-state index contributed by atoms with van der Waals surface area (Å²) >= 11 is 0. The van der Waals surface area contributed by atoms with E-state index in [4.69, 9.17) is 24.3 Å². The highest BCUT2D eigenvalue weighted by Gasteiger charge is 2.25. The van der Waals surface area contributed by atoms with Gasteiger partial charge >= 0.3 is 19.8 Å². The van der Waals surface area contributed by atoms with Crippen molar-refractivity contribution in [3.63, 3.8) is 0 Å². The zero-order chi connectivity index (χ0) is 36.1. The molecule has 0 heterocycles. The standard InChI is InChI=1S/C39H68NO8P/c1-3-5-7-9-11-13-15-16-17-18-19-20-22-23-25-27-29-31-38(41)45-35-37(36-47-49(43,44)46-34-33-40)48-39(42)32-30-28-26-24-21-14-12-10-8-6-4-2/h5,7,10-13,16-17,19-20,37H,3-4,6,8-9,14-15,18,21-36,40H2,1-2H3,(H,43,44). The average molecular weight is 710 g/mol. The minimum absolute atomic E-state index is 0.0457. The number of carbonyl (C=O) groups is 2. The predicted octanol–water partition coefficient (Wildman–Crippen LogP) is 10.2. The lowest BCUT2D eigenvalue weighted by atomic mass is 10.1. The third kappa shape index (κ3) is 35.3. The Morgan fingerprint density at radius 3 is 1.69 bits per heavy atom. The summed E-state index contributed by atoms with van der Waals surface area (Å²) in [6.45, 7) is 3.51. The van der Waals surface area contributed by atoms with E-state index in [0.29, 0.717) is 12.8 Å². The van der Waals surface area contributed by atoms with Gasteiger partial charge in [-0.15, -0.1) is 0 Å². The van der Waals surface area contributed by atoms with Crippen LogP contribution in [-0.2, 0) is 32.7 Å². The Labute approximate surface area is 298 Å². The maximum Gasteiger partial charge on any atom is 0.472 e. The van der Waals surface area contributed by atoms with Crippen LogP contribution < -0.4 is 5.73 Å². The Balaban J connectivity index is 4.28. The highest BCUT2D eigenvalue weighted by atomic mass is 31.2. The van der Waals surface area contributed by atoms with E-state index in [-0.39, 0.29) is 32.6 Å². The minimum Gasteiger partial charge on any atom is -0.462 e. The first kappa shape index (κ1) is 46.7. The summed E-state index contributed by atoms with van der Waals surface area (Å²) < 4.78 is 32.6. The molecule has 0 rings (SSSR count). The van der Waals surface area contributed by atoms with Gasteiger partial charge in [-0.05, 0) is 70.6 Å². The lowest BCUT2D eigenvalue weighted by molar-refractivity contribution is -0.161. The molecule has 0 fully saturated rings. The quantitative estimate of drug-likeness (QED) is 0.0290. The lowest BCUT2D eigenvalue weighted by Gasteiger charge is -2.19. The van der Waals surface area contributed by atoms with E-state index in [0.717, 1.165) is 89.9 Å². The van der Waals surface area contributed by atoms with Crippen LogP contribution >= 0.6 is 7.82 Å². The minimum atomic E-state index is -4.38. The van der Waals surface area contributed by atoms with Crippen LogP contribution in [0.5, 0.6) is 0 Å². The summed E-state index contributed by atoms with van der Waals surface area (Å²) in [5, 5.41) is 0. The number of carbonyl (C=O) groups excluding carboxylic acids is 2. The second kappa shape index (κ2) is 35.5. The number of nitrogens with two attached hydrogens (primary N) is 1. The molecule has 0 amide bonds. The number of allylic oxidation sites excluding steroid dienone is 10. The molecule has 0 aliphatic rings. The van der Waals surface area contributed by atoms with Crippen LogP contribution in [-0.4, -0.2) is 49.3 Å². The fourth-order valence-electron chi connectivity index (χ4n) is 4.60. The molecule has 9 nitrogen and oxygen atoms in total. The molecular formula is C39H68NO8P. The number of rotatable bonds is 34. The van der Waals surface area contributed by atoms with Gasteiger partial charge in [0.25, 0.3) is 0 Å². The summed E-state index contributed by atoms with van der Waals surface area (Å²) in [6.07, 6.45) is 39.7. The summed E-state index contributed by atoms with van der Waals surface area (Å²) in [4.78, 5) is 34.7. The van der Waals surface area contributed by atoms with Crippen molar-refractivity contribution in [2.24, 2.45) is 5.73 Å². The van der Waals surface area contributed by atoms with Gasteiger partial charge in [-0.25, -0.2) is 4.57 Å². The first-order chi connectivity index (χ1) is 23.8. The molecule has 3 N–H and O–H groups in total. The van der Waals surface area contributed by atoms with Gasteiger partial charge in [0, 0.05) is 19.4 Å². The normalized spacial score (nSPS) is 14.1. The van der Waals surface area contributed by atoms with E-state index in [2.05, 4.69) is 74.6 Å². The first-order valence-electron chi connectivity index (χ1n) is 18.8. The van der Waals surface area contributed by atoms with Crippen LogP contribution in [0.3, 0.4) is 0 Å². The number of esters is 2. The highest BCUT2D eigenvalue weighted by molar-refractivity contribution is 7.47. The topological polar surface area (TPSA) is 134 Å². The Morgan fingerprint density at radius 2 is 1.12 bits per heavy atom. The molecule has 0 aromatic heterocycles. The summed E-state index contributed by atoms with van der Waals surface area (Å²) in [5.41, 5.74) is 5.32. The number of phosphoric ester groups is 1.